The first kappa shape index (κ1) is 14.5. The summed E-state index contributed by atoms with van der Waals surface area (Å²) in [6.07, 6.45) is 1.78. The molecule has 1 unspecified atom stereocenters. The Morgan fingerprint density at radius 3 is 2.85 bits per heavy atom. The van der Waals surface area contributed by atoms with Crippen LogP contribution in [-0.2, 0) is 0 Å². The first-order valence-electron chi connectivity index (χ1n) is 6.65. The normalized spacial score (nSPS) is 12.3. The van der Waals surface area contributed by atoms with Crippen molar-refractivity contribution in [3.05, 3.63) is 30.5 Å². The number of nitrogens with zero attached hydrogens (tertiary/aromatic N) is 2. The summed E-state index contributed by atoms with van der Waals surface area (Å²) in [5.41, 5.74) is 5.70. The molecule has 5 heteroatoms. The number of aromatic hydroxyl groups is 1. The summed E-state index contributed by atoms with van der Waals surface area (Å²) in [5.74, 6) is 1.20. The molecule has 3 N–H and O–H groups in total. The lowest BCUT2D eigenvalue weighted by Crippen LogP contribution is -2.34. The molecule has 1 aromatic heterocycles. The summed E-state index contributed by atoms with van der Waals surface area (Å²) in [4.78, 5) is 7.10. The van der Waals surface area contributed by atoms with Crippen LogP contribution in [0.3, 0.4) is 0 Å². The second-order valence-electron chi connectivity index (χ2n) is 4.88. The molecule has 0 aliphatic heterocycles. The third kappa shape index (κ3) is 2.99. The van der Waals surface area contributed by atoms with Crippen LogP contribution in [0.5, 0.6) is 5.75 Å². The van der Waals surface area contributed by atoms with Gasteiger partial charge in [-0.25, -0.2) is 4.98 Å². The number of pyridine rings is 1. The van der Waals surface area contributed by atoms with E-state index in [2.05, 4.69) is 16.8 Å². The van der Waals surface area contributed by atoms with Gasteiger partial charge in [0, 0.05) is 30.6 Å². The Bertz CT molecular complexity index is 630. The number of hydrogen-bond acceptors (Lipinski definition) is 4. The molecule has 1 atom stereocenters. The lowest BCUT2D eigenvalue weighted by molar-refractivity contribution is 0.476. The number of hydrogen-bond donors (Lipinski definition) is 2. The zero-order chi connectivity index (χ0) is 14.7. The maximum absolute atomic E-state index is 9.69. The fourth-order valence-corrected chi connectivity index (χ4v) is 2.25. The molecule has 0 spiro atoms. The van der Waals surface area contributed by atoms with E-state index >= 15 is 0 Å². The minimum atomic E-state index is 0.110. The van der Waals surface area contributed by atoms with E-state index in [9.17, 15) is 5.11 Å². The number of thiocarbonyl (C=S) groups is 1. The molecule has 0 saturated carbocycles. The van der Waals surface area contributed by atoms with Crippen LogP contribution in [0.2, 0.25) is 0 Å². The molecule has 0 amide bonds. The Hall–Kier alpha value is -1.88. The molecule has 2 rings (SSSR count). The van der Waals surface area contributed by atoms with Crippen molar-refractivity contribution < 1.29 is 5.11 Å². The molecule has 0 aliphatic rings. The zero-order valence-corrected chi connectivity index (χ0v) is 12.5. The highest BCUT2D eigenvalue weighted by atomic mass is 32.1. The SMILES string of the molecule is CCN(CC(C)C(N)=S)c1nccc2ccc(O)cc12. The third-order valence-electron chi connectivity index (χ3n) is 3.39. The fourth-order valence-electron chi connectivity index (χ4n) is 2.18. The highest BCUT2D eigenvalue weighted by molar-refractivity contribution is 7.80. The van der Waals surface area contributed by atoms with Gasteiger partial charge in [0.05, 0.1) is 4.99 Å². The van der Waals surface area contributed by atoms with Crippen LogP contribution in [0.4, 0.5) is 5.82 Å². The highest BCUT2D eigenvalue weighted by Crippen LogP contribution is 2.28. The van der Waals surface area contributed by atoms with Gasteiger partial charge in [0.1, 0.15) is 11.6 Å². The molecular weight excluding hydrogens is 270 g/mol. The van der Waals surface area contributed by atoms with Crippen LogP contribution in [0.1, 0.15) is 13.8 Å². The van der Waals surface area contributed by atoms with Crippen molar-refractivity contribution in [3.8, 4) is 5.75 Å². The lowest BCUT2D eigenvalue weighted by Gasteiger charge is -2.26. The Morgan fingerprint density at radius 1 is 1.45 bits per heavy atom. The van der Waals surface area contributed by atoms with Gasteiger partial charge in [-0.05, 0) is 30.5 Å². The first-order chi connectivity index (χ1) is 9.52. The van der Waals surface area contributed by atoms with Gasteiger partial charge in [0.2, 0.25) is 0 Å². The molecule has 0 aliphatic carbocycles. The zero-order valence-electron chi connectivity index (χ0n) is 11.7. The summed E-state index contributed by atoms with van der Waals surface area (Å²) < 4.78 is 0. The number of phenolic OH excluding ortho intramolecular Hbond substituents is 1. The van der Waals surface area contributed by atoms with E-state index in [1.807, 2.05) is 19.1 Å². The van der Waals surface area contributed by atoms with Gasteiger partial charge in [-0.2, -0.15) is 0 Å². The Labute approximate surface area is 124 Å². The van der Waals surface area contributed by atoms with Crippen molar-refractivity contribution in [3.63, 3.8) is 0 Å². The standard InChI is InChI=1S/C15H19N3OS/c1-3-18(9-10(2)14(16)20)15-13-8-12(19)5-4-11(13)6-7-17-15/h4-8,10,19H,3,9H2,1-2H3,(H2,16,20). The van der Waals surface area contributed by atoms with Gasteiger partial charge >= 0.3 is 0 Å². The van der Waals surface area contributed by atoms with Crippen molar-refractivity contribution in [1.82, 2.24) is 4.98 Å². The van der Waals surface area contributed by atoms with Crippen LogP contribution in [0.15, 0.2) is 30.5 Å². The Morgan fingerprint density at radius 2 is 2.20 bits per heavy atom. The van der Waals surface area contributed by atoms with Crippen LogP contribution in [0, 0.1) is 5.92 Å². The van der Waals surface area contributed by atoms with Crippen molar-refractivity contribution in [2.45, 2.75) is 13.8 Å². The fraction of sp³-hybridized carbons (Fsp3) is 0.333. The quantitative estimate of drug-likeness (QED) is 0.829. The third-order valence-corrected chi connectivity index (χ3v) is 3.79. The summed E-state index contributed by atoms with van der Waals surface area (Å²) in [5, 5.41) is 11.7. The van der Waals surface area contributed by atoms with Gasteiger partial charge < -0.3 is 15.7 Å². The predicted octanol–water partition coefficient (Wildman–Crippen LogP) is 2.69. The molecule has 0 radical (unpaired) electrons. The second-order valence-corrected chi connectivity index (χ2v) is 5.35. The average molecular weight is 289 g/mol. The number of aromatic nitrogens is 1. The molecule has 0 bridgehead atoms. The summed E-state index contributed by atoms with van der Waals surface area (Å²) in [7, 11) is 0. The van der Waals surface area contributed by atoms with Crippen LogP contribution < -0.4 is 10.6 Å². The van der Waals surface area contributed by atoms with Gasteiger partial charge in [0.25, 0.3) is 0 Å². The van der Waals surface area contributed by atoms with Crippen molar-refractivity contribution >= 4 is 33.8 Å². The Balaban J connectivity index is 2.43. The van der Waals surface area contributed by atoms with E-state index in [0.29, 0.717) is 11.5 Å². The molecule has 1 aromatic carbocycles. The number of anilines is 1. The second kappa shape index (κ2) is 6.05. The molecule has 0 saturated heterocycles. The van der Waals surface area contributed by atoms with Gasteiger partial charge in [-0.1, -0.05) is 25.2 Å². The van der Waals surface area contributed by atoms with Gasteiger partial charge in [0.15, 0.2) is 0 Å². The highest BCUT2D eigenvalue weighted by Gasteiger charge is 2.15. The number of fused-ring (bicyclic) bond motifs is 1. The summed E-state index contributed by atoms with van der Waals surface area (Å²) in [6.45, 7) is 5.59. The largest absolute Gasteiger partial charge is 0.508 e. The van der Waals surface area contributed by atoms with E-state index in [1.54, 1.807) is 18.3 Å². The lowest BCUT2D eigenvalue weighted by atomic mass is 10.1. The minimum Gasteiger partial charge on any atom is -0.508 e. The predicted molar refractivity (Wildman–Crippen MR) is 87.2 cm³/mol. The molecule has 106 valence electrons. The van der Waals surface area contributed by atoms with Crippen LogP contribution in [0.25, 0.3) is 10.8 Å². The maximum atomic E-state index is 9.69. The monoisotopic (exact) mass is 289 g/mol. The van der Waals surface area contributed by atoms with Crippen molar-refractivity contribution in [2.75, 3.05) is 18.0 Å². The summed E-state index contributed by atoms with van der Waals surface area (Å²) in [6, 6.07) is 7.25. The van der Waals surface area contributed by atoms with Crippen LogP contribution in [-0.4, -0.2) is 28.2 Å². The molecule has 4 nitrogen and oxygen atoms in total. The number of rotatable bonds is 5. The Kier molecular flexibility index (Phi) is 4.39. The topological polar surface area (TPSA) is 62.4 Å². The van der Waals surface area contributed by atoms with E-state index in [1.165, 1.54) is 0 Å². The number of nitrogens with two attached hydrogens (primary N) is 1. The maximum Gasteiger partial charge on any atom is 0.136 e. The molecular formula is C15H19N3OS. The van der Waals surface area contributed by atoms with Gasteiger partial charge in [-0.3, -0.25) is 0 Å². The average Bonchev–Trinajstić information content (AvgIpc) is 2.43. The van der Waals surface area contributed by atoms with Crippen LogP contribution >= 0.6 is 12.2 Å². The molecule has 20 heavy (non-hydrogen) atoms. The van der Waals surface area contributed by atoms with Gasteiger partial charge in [-0.15, -0.1) is 0 Å². The number of benzene rings is 1. The first-order valence-corrected chi connectivity index (χ1v) is 7.05. The van der Waals surface area contributed by atoms with Crippen molar-refractivity contribution in [2.24, 2.45) is 11.7 Å². The smallest absolute Gasteiger partial charge is 0.136 e. The van der Waals surface area contributed by atoms with E-state index in [0.717, 1.165) is 23.1 Å². The molecule has 1 heterocycles. The van der Waals surface area contributed by atoms with E-state index in [4.69, 9.17) is 18.0 Å². The minimum absolute atomic E-state index is 0.110. The molecule has 0 fully saturated rings. The summed E-state index contributed by atoms with van der Waals surface area (Å²) >= 11 is 5.04. The van der Waals surface area contributed by atoms with E-state index < -0.39 is 0 Å². The van der Waals surface area contributed by atoms with Crippen molar-refractivity contribution in [1.29, 1.82) is 0 Å². The van der Waals surface area contributed by atoms with E-state index in [-0.39, 0.29) is 11.7 Å². The number of phenols is 1. The molecule has 2 aromatic rings.